The van der Waals surface area contributed by atoms with Crippen LogP contribution in [0.5, 0.6) is 0 Å². The van der Waals surface area contributed by atoms with Crippen molar-refractivity contribution in [3.8, 4) is 0 Å². The smallest absolute Gasteiger partial charge is 0.338 e. The van der Waals surface area contributed by atoms with Gasteiger partial charge in [-0.15, -0.1) is 0 Å². The van der Waals surface area contributed by atoms with Crippen LogP contribution in [0.4, 0.5) is 0 Å². The van der Waals surface area contributed by atoms with Crippen molar-refractivity contribution in [1.29, 1.82) is 0 Å². The molecule has 1 aliphatic rings. The number of ether oxygens (including phenoxy) is 1. The quantitative estimate of drug-likeness (QED) is 0.586. The highest BCUT2D eigenvalue weighted by atomic mass is 79.9. The SMILES string of the molecule is COC(=O)c1cccc2c1CCN(C(=O)c1cc3ncc(Br)cn3n1)C2C. The fourth-order valence-electron chi connectivity index (χ4n) is 3.55. The van der Waals surface area contributed by atoms with Crippen molar-refractivity contribution in [3.05, 3.63) is 63.5 Å². The van der Waals surface area contributed by atoms with Crippen molar-refractivity contribution < 1.29 is 14.3 Å². The van der Waals surface area contributed by atoms with Gasteiger partial charge in [0.25, 0.3) is 5.91 Å². The first-order valence-electron chi connectivity index (χ1n) is 8.51. The van der Waals surface area contributed by atoms with E-state index in [0.29, 0.717) is 29.9 Å². The Kier molecular flexibility index (Phi) is 4.43. The second kappa shape index (κ2) is 6.77. The Balaban J connectivity index is 1.67. The summed E-state index contributed by atoms with van der Waals surface area (Å²) in [5.41, 5.74) is 3.43. The fraction of sp³-hybridized carbons (Fsp3) is 0.263. The summed E-state index contributed by atoms with van der Waals surface area (Å²) in [6.07, 6.45) is 4.02. The van der Waals surface area contributed by atoms with Crippen LogP contribution in [0, 0.1) is 0 Å². The molecule has 27 heavy (non-hydrogen) atoms. The van der Waals surface area contributed by atoms with Gasteiger partial charge in [0.05, 0.1) is 23.2 Å². The van der Waals surface area contributed by atoms with Gasteiger partial charge in [-0.1, -0.05) is 12.1 Å². The third-order valence-electron chi connectivity index (χ3n) is 4.90. The molecule has 0 radical (unpaired) electrons. The second-order valence-corrected chi connectivity index (χ2v) is 7.31. The molecular formula is C19H17BrN4O3. The zero-order valence-corrected chi connectivity index (χ0v) is 16.4. The van der Waals surface area contributed by atoms with Crippen molar-refractivity contribution in [2.24, 2.45) is 0 Å². The minimum atomic E-state index is -0.351. The molecule has 2 aromatic heterocycles. The van der Waals surface area contributed by atoms with Crippen LogP contribution in [0.2, 0.25) is 0 Å². The van der Waals surface area contributed by atoms with E-state index in [4.69, 9.17) is 4.74 Å². The highest BCUT2D eigenvalue weighted by molar-refractivity contribution is 9.10. The van der Waals surface area contributed by atoms with Crippen LogP contribution in [0.3, 0.4) is 0 Å². The number of halogens is 1. The number of benzene rings is 1. The summed E-state index contributed by atoms with van der Waals surface area (Å²) in [6, 6.07) is 7.05. The molecule has 1 unspecified atom stereocenters. The van der Waals surface area contributed by atoms with Gasteiger partial charge in [0.1, 0.15) is 0 Å². The molecular weight excluding hydrogens is 412 g/mol. The number of rotatable bonds is 2. The summed E-state index contributed by atoms with van der Waals surface area (Å²) in [7, 11) is 1.37. The summed E-state index contributed by atoms with van der Waals surface area (Å²) in [5.74, 6) is -0.505. The molecule has 0 saturated heterocycles. The minimum absolute atomic E-state index is 0.154. The molecule has 0 aliphatic carbocycles. The van der Waals surface area contributed by atoms with Crippen LogP contribution in [0.25, 0.3) is 5.65 Å². The molecule has 1 aliphatic heterocycles. The number of aromatic nitrogens is 3. The van der Waals surface area contributed by atoms with Crippen LogP contribution >= 0.6 is 15.9 Å². The summed E-state index contributed by atoms with van der Waals surface area (Å²) in [6.45, 7) is 2.47. The fourth-order valence-corrected chi connectivity index (χ4v) is 3.85. The topological polar surface area (TPSA) is 76.8 Å². The van der Waals surface area contributed by atoms with Gasteiger partial charge in [0, 0.05) is 25.0 Å². The van der Waals surface area contributed by atoms with Gasteiger partial charge in [-0.05, 0) is 46.5 Å². The maximum atomic E-state index is 13.1. The van der Waals surface area contributed by atoms with Crippen molar-refractivity contribution in [2.45, 2.75) is 19.4 Å². The highest BCUT2D eigenvalue weighted by Crippen LogP contribution is 2.32. The number of methoxy groups -OCH3 is 1. The third kappa shape index (κ3) is 2.99. The lowest BCUT2D eigenvalue weighted by Gasteiger charge is -2.35. The average molecular weight is 429 g/mol. The van der Waals surface area contributed by atoms with E-state index in [-0.39, 0.29) is 17.9 Å². The van der Waals surface area contributed by atoms with E-state index in [1.807, 2.05) is 19.1 Å². The molecule has 0 saturated carbocycles. The summed E-state index contributed by atoms with van der Waals surface area (Å²) in [5, 5.41) is 4.36. The molecule has 7 nitrogen and oxygen atoms in total. The van der Waals surface area contributed by atoms with Crippen LogP contribution in [0.1, 0.15) is 44.9 Å². The summed E-state index contributed by atoms with van der Waals surface area (Å²) < 4.78 is 7.25. The molecule has 0 spiro atoms. The van der Waals surface area contributed by atoms with Gasteiger partial charge in [-0.25, -0.2) is 14.3 Å². The first-order chi connectivity index (χ1) is 13.0. The maximum absolute atomic E-state index is 13.1. The Morgan fingerprint density at radius 1 is 1.33 bits per heavy atom. The number of hydrogen-bond acceptors (Lipinski definition) is 5. The van der Waals surface area contributed by atoms with Crippen LogP contribution < -0.4 is 0 Å². The molecule has 1 amide bonds. The second-order valence-electron chi connectivity index (χ2n) is 6.39. The Hall–Kier alpha value is -2.74. The zero-order valence-electron chi connectivity index (χ0n) is 14.8. The average Bonchev–Trinajstić information content (AvgIpc) is 3.10. The van der Waals surface area contributed by atoms with E-state index in [1.54, 1.807) is 33.9 Å². The van der Waals surface area contributed by atoms with E-state index in [2.05, 4.69) is 26.0 Å². The normalized spacial score (nSPS) is 16.3. The standard InChI is InChI=1S/C19H17BrN4O3/c1-11-13-4-3-5-15(19(26)27-2)14(13)6-7-23(11)18(25)16-8-17-21-9-12(20)10-24(17)22-16/h3-5,8-11H,6-7H2,1-2H3. The maximum Gasteiger partial charge on any atom is 0.338 e. The first kappa shape index (κ1) is 17.7. The van der Waals surface area contributed by atoms with Gasteiger partial charge < -0.3 is 9.64 Å². The molecule has 138 valence electrons. The summed E-state index contributed by atoms with van der Waals surface area (Å²) in [4.78, 5) is 31.1. The monoisotopic (exact) mass is 428 g/mol. The largest absolute Gasteiger partial charge is 0.465 e. The Morgan fingerprint density at radius 2 is 2.15 bits per heavy atom. The van der Waals surface area contributed by atoms with Gasteiger partial charge in [0.2, 0.25) is 0 Å². The van der Waals surface area contributed by atoms with Crippen LogP contribution in [0.15, 0.2) is 41.1 Å². The Labute approximate surface area is 164 Å². The number of amides is 1. The van der Waals surface area contributed by atoms with E-state index in [9.17, 15) is 9.59 Å². The van der Waals surface area contributed by atoms with Crippen molar-refractivity contribution in [2.75, 3.05) is 13.7 Å². The van der Waals surface area contributed by atoms with Gasteiger partial charge in [-0.3, -0.25) is 4.79 Å². The molecule has 8 heteroatoms. The van der Waals surface area contributed by atoms with Gasteiger partial charge in [-0.2, -0.15) is 5.10 Å². The molecule has 4 rings (SSSR count). The van der Waals surface area contributed by atoms with E-state index < -0.39 is 0 Å². The van der Waals surface area contributed by atoms with E-state index in [0.717, 1.165) is 15.6 Å². The molecule has 3 aromatic rings. The van der Waals surface area contributed by atoms with Crippen LogP contribution in [-0.4, -0.2) is 45.0 Å². The van der Waals surface area contributed by atoms with Crippen molar-refractivity contribution in [1.82, 2.24) is 19.5 Å². The van der Waals surface area contributed by atoms with Crippen molar-refractivity contribution in [3.63, 3.8) is 0 Å². The predicted octanol–water partition coefficient (Wildman–Crippen LogP) is 3.04. The minimum Gasteiger partial charge on any atom is -0.465 e. The first-order valence-corrected chi connectivity index (χ1v) is 9.31. The highest BCUT2D eigenvalue weighted by Gasteiger charge is 2.31. The molecule has 0 bridgehead atoms. The number of fused-ring (bicyclic) bond motifs is 2. The molecule has 0 N–H and O–H groups in total. The molecule has 0 fully saturated rings. The number of carbonyl (C=O) groups excluding carboxylic acids is 2. The number of carbonyl (C=O) groups is 2. The zero-order chi connectivity index (χ0) is 19.1. The van der Waals surface area contributed by atoms with Crippen LogP contribution in [-0.2, 0) is 11.2 Å². The van der Waals surface area contributed by atoms with Gasteiger partial charge >= 0.3 is 5.97 Å². The lowest BCUT2D eigenvalue weighted by Crippen LogP contribution is -2.39. The van der Waals surface area contributed by atoms with Gasteiger partial charge in [0.15, 0.2) is 11.3 Å². The molecule has 1 aromatic carbocycles. The number of nitrogens with zero attached hydrogens (tertiary/aromatic N) is 4. The third-order valence-corrected chi connectivity index (χ3v) is 5.31. The number of hydrogen-bond donors (Lipinski definition) is 0. The van der Waals surface area contributed by atoms with Crippen molar-refractivity contribution >= 4 is 33.5 Å². The number of esters is 1. The molecule has 3 heterocycles. The lowest BCUT2D eigenvalue weighted by atomic mass is 9.89. The Bertz CT molecular complexity index is 1060. The summed E-state index contributed by atoms with van der Waals surface area (Å²) >= 11 is 3.35. The van der Waals surface area contributed by atoms with E-state index in [1.165, 1.54) is 7.11 Å². The Morgan fingerprint density at radius 3 is 2.93 bits per heavy atom. The molecule has 1 atom stereocenters. The van der Waals surface area contributed by atoms with E-state index >= 15 is 0 Å². The predicted molar refractivity (Wildman–Crippen MR) is 102 cm³/mol. The lowest BCUT2D eigenvalue weighted by molar-refractivity contribution is 0.0597.